The Hall–Kier alpha value is -3.32. The summed E-state index contributed by atoms with van der Waals surface area (Å²) in [5.41, 5.74) is -1.87. The number of aliphatic imine (C=N–C) groups is 1. The number of aromatic nitrogens is 2. The Morgan fingerprint density at radius 3 is 2.51 bits per heavy atom. The van der Waals surface area contributed by atoms with Gasteiger partial charge < -0.3 is 9.80 Å². The van der Waals surface area contributed by atoms with E-state index in [1.165, 1.54) is 22.6 Å². The summed E-state index contributed by atoms with van der Waals surface area (Å²) in [6, 6.07) is 7.09. The van der Waals surface area contributed by atoms with Crippen LogP contribution in [0.4, 0.5) is 26.3 Å². The van der Waals surface area contributed by atoms with E-state index in [0.29, 0.717) is 38.6 Å². The van der Waals surface area contributed by atoms with Crippen molar-refractivity contribution >= 4 is 39.8 Å². The normalized spacial score (nSPS) is 19.7. The summed E-state index contributed by atoms with van der Waals surface area (Å²) in [6.07, 6.45) is -5.70. The number of halogens is 6. The lowest BCUT2D eigenvalue weighted by Crippen LogP contribution is -2.33. The standard InChI is InChI=1S/C26H23F6N5OS/c1-35(2)19-7-8-36(14-19)24-34-23(38)22(39-24)10-15-3-6-21-17(9-15)12-33-37(21)13-16-4-5-18(25(27,28)29)11-20(16)26(30,31)32/h3-6,9-12,19H,7-8,13-14H2,1-2H3/b22-10+/t19-/m1/s1. The number of hydrogen-bond donors (Lipinski definition) is 0. The zero-order chi connectivity index (χ0) is 28.1. The Bertz CT molecular complexity index is 1490. The molecule has 0 N–H and O–H groups in total. The summed E-state index contributed by atoms with van der Waals surface area (Å²) < 4.78 is 81.0. The molecule has 0 saturated carbocycles. The van der Waals surface area contributed by atoms with Gasteiger partial charge in [-0.2, -0.15) is 36.4 Å². The van der Waals surface area contributed by atoms with Gasteiger partial charge in [-0.1, -0.05) is 12.1 Å². The van der Waals surface area contributed by atoms with Crippen LogP contribution in [0.15, 0.2) is 52.5 Å². The molecule has 1 atom stereocenters. The number of hydrogen-bond acceptors (Lipinski definition) is 5. The van der Waals surface area contributed by atoms with Crippen molar-refractivity contribution in [2.45, 2.75) is 31.4 Å². The van der Waals surface area contributed by atoms with Crippen LogP contribution in [-0.4, -0.2) is 63.9 Å². The first-order valence-electron chi connectivity index (χ1n) is 12.0. The van der Waals surface area contributed by atoms with Gasteiger partial charge in [0.05, 0.1) is 34.3 Å². The molecule has 0 aliphatic carbocycles. The van der Waals surface area contributed by atoms with E-state index in [0.717, 1.165) is 25.6 Å². The maximum atomic E-state index is 13.6. The summed E-state index contributed by atoms with van der Waals surface area (Å²) >= 11 is 1.31. The van der Waals surface area contributed by atoms with Gasteiger partial charge in [-0.05, 0) is 73.7 Å². The molecule has 1 fully saturated rings. The lowest BCUT2D eigenvalue weighted by atomic mass is 10.0. The molecular weight excluding hydrogens is 544 g/mol. The van der Waals surface area contributed by atoms with Gasteiger partial charge in [0.15, 0.2) is 5.17 Å². The fourth-order valence-electron chi connectivity index (χ4n) is 4.66. The molecule has 2 aliphatic heterocycles. The number of amides is 1. The molecule has 0 spiro atoms. The first-order valence-corrected chi connectivity index (χ1v) is 12.8. The van der Waals surface area contributed by atoms with Crippen molar-refractivity contribution in [1.29, 1.82) is 0 Å². The number of likely N-dealkylation sites (N-methyl/N-ethyl adjacent to an activating group) is 1. The summed E-state index contributed by atoms with van der Waals surface area (Å²) in [4.78, 5) is 21.5. The Morgan fingerprint density at radius 1 is 1.08 bits per heavy atom. The summed E-state index contributed by atoms with van der Waals surface area (Å²) in [5.74, 6) is -0.332. The number of likely N-dealkylation sites (tertiary alicyclic amines) is 1. The molecule has 6 nitrogen and oxygen atoms in total. The second-order valence-electron chi connectivity index (χ2n) is 9.65. The van der Waals surface area contributed by atoms with Gasteiger partial charge in [-0.25, -0.2) is 0 Å². The highest BCUT2D eigenvalue weighted by atomic mass is 32.2. The van der Waals surface area contributed by atoms with Crippen LogP contribution in [0.5, 0.6) is 0 Å². The van der Waals surface area contributed by atoms with Crippen LogP contribution in [0, 0.1) is 0 Å². The third kappa shape index (κ3) is 5.69. The molecule has 2 aliphatic rings. The lowest BCUT2D eigenvalue weighted by Gasteiger charge is -2.20. The van der Waals surface area contributed by atoms with E-state index in [-0.39, 0.29) is 24.1 Å². The van der Waals surface area contributed by atoms with E-state index in [9.17, 15) is 31.1 Å². The highest BCUT2D eigenvalue weighted by Crippen LogP contribution is 2.38. The lowest BCUT2D eigenvalue weighted by molar-refractivity contribution is -0.143. The molecule has 3 heterocycles. The van der Waals surface area contributed by atoms with Gasteiger partial charge in [-0.15, -0.1) is 0 Å². The average Bonchev–Trinajstić information content (AvgIpc) is 3.57. The Labute approximate surface area is 224 Å². The molecule has 3 aromatic rings. The van der Waals surface area contributed by atoms with Crippen LogP contribution in [0.2, 0.25) is 0 Å². The maximum absolute atomic E-state index is 13.6. The minimum absolute atomic E-state index is 0.126. The number of rotatable bonds is 4. The zero-order valence-electron chi connectivity index (χ0n) is 20.8. The SMILES string of the molecule is CN(C)[C@@H]1CCN(C2=NC(=O)/C(=C\c3ccc4c(cnn4Cc4ccc(C(F)(F)F)cc4C(F)(F)F)c3)S2)C1. The Morgan fingerprint density at radius 2 is 1.85 bits per heavy atom. The number of carbonyl (C=O) groups excluding carboxylic acids is 1. The Balaban J connectivity index is 1.36. The van der Waals surface area contributed by atoms with Gasteiger partial charge in [0, 0.05) is 24.5 Å². The third-order valence-corrected chi connectivity index (χ3v) is 7.84. The van der Waals surface area contributed by atoms with Gasteiger partial charge in [0.2, 0.25) is 0 Å². The molecule has 0 bridgehead atoms. The van der Waals surface area contributed by atoms with Crippen LogP contribution in [0.1, 0.15) is 28.7 Å². The number of fused-ring (bicyclic) bond motifs is 1. The second kappa shape index (κ2) is 10.0. The van der Waals surface area contributed by atoms with Crippen molar-refractivity contribution in [3.63, 3.8) is 0 Å². The maximum Gasteiger partial charge on any atom is 0.416 e. The number of nitrogens with zero attached hydrogens (tertiary/aromatic N) is 5. The zero-order valence-corrected chi connectivity index (χ0v) is 21.7. The molecule has 13 heteroatoms. The Kier molecular flexibility index (Phi) is 7.00. The predicted molar refractivity (Wildman–Crippen MR) is 137 cm³/mol. The van der Waals surface area contributed by atoms with Gasteiger partial charge in [0.1, 0.15) is 0 Å². The topological polar surface area (TPSA) is 53.7 Å². The van der Waals surface area contributed by atoms with Crippen LogP contribution in [-0.2, 0) is 23.7 Å². The molecule has 1 amide bonds. The quantitative estimate of drug-likeness (QED) is 0.298. The fraction of sp³-hybridized carbons (Fsp3) is 0.346. The van der Waals surface area contributed by atoms with Crippen molar-refractivity contribution < 1.29 is 31.1 Å². The summed E-state index contributed by atoms with van der Waals surface area (Å²) in [6.45, 7) is 1.24. The predicted octanol–water partition coefficient (Wildman–Crippen LogP) is 5.73. The molecule has 5 rings (SSSR count). The van der Waals surface area contributed by atoms with Crippen molar-refractivity contribution in [3.05, 3.63) is 69.8 Å². The van der Waals surface area contributed by atoms with Crippen LogP contribution >= 0.6 is 11.8 Å². The van der Waals surface area contributed by atoms with Gasteiger partial charge in [-0.3, -0.25) is 9.48 Å². The summed E-state index contributed by atoms with van der Waals surface area (Å²) in [5, 5.41) is 5.43. The molecule has 2 aromatic carbocycles. The molecule has 0 radical (unpaired) electrons. The molecular formula is C26H23F6N5OS. The van der Waals surface area contributed by atoms with Gasteiger partial charge in [0.25, 0.3) is 5.91 Å². The smallest absolute Gasteiger partial charge is 0.349 e. The number of thioether (sulfide) groups is 1. The van der Waals surface area contributed by atoms with E-state index in [1.54, 1.807) is 24.3 Å². The van der Waals surface area contributed by atoms with E-state index in [2.05, 4.69) is 19.9 Å². The van der Waals surface area contributed by atoms with Crippen molar-refractivity contribution in [1.82, 2.24) is 19.6 Å². The minimum atomic E-state index is -4.96. The van der Waals surface area contributed by atoms with Crippen molar-refractivity contribution in [3.8, 4) is 0 Å². The number of carbonyl (C=O) groups is 1. The van der Waals surface area contributed by atoms with Crippen LogP contribution in [0.25, 0.3) is 17.0 Å². The van der Waals surface area contributed by atoms with Gasteiger partial charge >= 0.3 is 12.4 Å². The monoisotopic (exact) mass is 567 g/mol. The van der Waals surface area contributed by atoms with E-state index in [4.69, 9.17) is 0 Å². The second-order valence-corrected chi connectivity index (χ2v) is 10.7. The largest absolute Gasteiger partial charge is 0.416 e. The van der Waals surface area contributed by atoms with Crippen molar-refractivity contribution in [2.75, 3.05) is 27.2 Å². The molecule has 1 saturated heterocycles. The first kappa shape index (κ1) is 27.3. The number of benzene rings is 2. The summed E-state index contributed by atoms with van der Waals surface area (Å²) in [7, 11) is 4.04. The number of amidine groups is 1. The molecule has 206 valence electrons. The molecule has 1 aromatic heterocycles. The molecule has 0 unspecified atom stereocenters. The fourth-order valence-corrected chi connectivity index (χ4v) is 5.61. The van der Waals surface area contributed by atoms with Crippen LogP contribution in [0.3, 0.4) is 0 Å². The van der Waals surface area contributed by atoms with E-state index >= 15 is 0 Å². The highest BCUT2D eigenvalue weighted by molar-refractivity contribution is 8.18. The average molecular weight is 568 g/mol. The van der Waals surface area contributed by atoms with Crippen LogP contribution < -0.4 is 0 Å². The molecule has 39 heavy (non-hydrogen) atoms. The highest BCUT2D eigenvalue weighted by Gasteiger charge is 2.38. The van der Waals surface area contributed by atoms with E-state index in [1.807, 2.05) is 14.1 Å². The number of alkyl halides is 6. The third-order valence-electron chi connectivity index (χ3n) is 6.80. The first-order chi connectivity index (χ1) is 18.3. The van der Waals surface area contributed by atoms with E-state index < -0.39 is 23.5 Å². The minimum Gasteiger partial charge on any atom is -0.349 e. The van der Waals surface area contributed by atoms with Crippen molar-refractivity contribution in [2.24, 2.45) is 4.99 Å².